The molecule has 1 saturated heterocycles. The van der Waals surface area contributed by atoms with Gasteiger partial charge in [-0.1, -0.05) is 0 Å². The molecule has 2 rings (SSSR count). The Balaban J connectivity index is 1.96. The van der Waals surface area contributed by atoms with Crippen LogP contribution >= 0.6 is 11.3 Å². The minimum atomic E-state index is 0.160. The van der Waals surface area contributed by atoms with Gasteiger partial charge in [-0.25, -0.2) is 0 Å². The second kappa shape index (κ2) is 5.30. The topological polar surface area (TPSA) is 20.3 Å². The summed E-state index contributed by atoms with van der Waals surface area (Å²) in [4.78, 5) is 15.0. The van der Waals surface area contributed by atoms with Gasteiger partial charge in [0.05, 0.1) is 0 Å². The predicted octanol–water partition coefficient (Wildman–Crippen LogP) is 3.08. The van der Waals surface area contributed by atoms with Gasteiger partial charge in [0.2, 0.25) is 5.91 Å². The van der Waals surface area contributed by atoms with E-state index < -0.39 is 0 Å². The molecule has 0 N–H and O–H groups in total. The first kappa shape index (κ1) is 11.4. The molecule has 2 heterocycles. The molecule has 3 heteroatoms. The molecular formula is C13H17NOS. The summed E-state index contributed by atoms with van der Waals surface area (Å²) in [6.07, 6.45) is 7.22. The van der Waals surface area contributed by atoms with E-state index in [2.05, 4.69) is 18.4 Å². The van der Waals surface area contributed by atoms with E-state index in [-0.39, 0.29) is 5.91 Å². The van der Waals surface area contributed by atoms with Crippen LogP contribution in [0.4, 0.5) is 0 Å². The van der Waals surface area contributed by atoms with Crippen LogP contribution in [0.5, 0.6) is 0 Å². The minimum Gasteiger partial charge on any atom is -0.339 e. The molecule has 1 aromatic rings. The number of piperidine rings is 1. The highest BCUT2D eigenvalue weighted by Gasteiger charge is 2.13. The highest BCUT2D eigenvalue weighted by atomic mass is 32.1. The zero-order chi connectivity index (χ0) is 11.4. The number of hydrogen-bond donors (Lipinski definition) is 0. The summed E-state index contributed by atoms with van der Waals surface area (Å²) in [6, 6.07) is 2.08. The summed E-state index contributed by atoms with van der Waals surface area (Å²) in [5, 5.41) is 2.06. The number of rotatable bonds is 2. The van der Waals surface area contributed by atoms with Gasteiger partial charge in [0.15, 0.2) is 0 Å². The van der Waals surface area contributed by atoms with Gasteiger partial charge in [-0.05, 0) is 49.3 Å². The molecule has 0 bridgehead atoms. The number of hydrogen-bond acceptors (Lipinski definition) is 2. The van der Waals surface area contributed by atoms with Crippen LogP contribution in [-0.2, 0) is 4.79 Å². The standard InChI is InChI=1S/C13H17NOS/c1-11-7-10-16-12(11)5-6-13(15)14-8-3-2-4-9-14/h5-7,10H,2-4,8-9H2,1H3/b6-5-. The van der Waals surface area contributed by atoms with Crippen LogP contribution in [0.15, 0.2) is 17.5 Å². The Morgan fingerprint density at radius 1 is 1.38 bits per heavy atom. The summed E-state index contributed by atoms with van der Waals surface area (Å²) in [5.74, 6) is 0.160. The maximum absolute atomic E-state index is 11.8. The minimum absolute atomic E-state index is 0.160. The average Bonchev–Trinajstić information content (AvgIpc) is 2.73. The lowest BCUT2D eigenvalue weighted by Crippen LogP contribution is -2.34. The lowest BCUT2D eigenvalue weighted by Gasteiger charge is -2.25. The Hall–Kier alpha value is -1.09. The van der Waals surface area contributed by atoms with Crippen molar-refractivity contribution in [2.45, 2.75) is 26.2 Å². The van der Waals surface area contributed by atoms with E-state index in [4.69, 9.17) is 0 Å². The summed E-state index contributed by atoms with van der Waals surface area (Å²) >= 11 is 1.68. The van der Waals surface area contributed by atoms with E-state index in [0.29, 0.717) is 0 Å². The van der Waals surface area contributed by atoms with Gasteiger partial charge < -0.3 is 4.90 Å². The normalized spacial score (nSPS) is 16.9. The monoisotopic (exact) mass is 235 g/mol. The van der Waals surface area contributed by atoms with E-state index in [0.717, 1.165) is 25.9 Å². The van der Waals surface area contributed by atoms with Crippen LogP contribution in [0, 0.1) is 6.92 Å². The molecule has 1 aliphatic rings. The first-order valence-electron chi connectivity index (χ1n) is 5.78. The number of carbonyl (C=O) groups excluding carboxylic acids is 1. The van der Waals surface area contributed by atoms with Crippen LogP contribution in [0.2, 0.25) is 0 Å². The van der Waals surface area contributed by atoms with Crippen molar-refractivity contribution >= 4 is 23.3 Å². The first-order chi connectivity index (χ1) is 7.77. The molecule has 2 nitrogen and oxygen atoms in total. The van der Waals surface area contributed by atoms with Gasteiger partial charge in [-0.15, -0.1) is 11.3 Å². The van der Waals surface area contributed by atoms with Crippen LogP contribution in [0.3, 0.4) is 0 Å². The van der Waals surface area contributed by atoms with Gasteiger partial charge in [0.25, 0.3) is 0 Å². The molecule has 0 radical (unpaired) electrons. The molecular weight excluding hydrogens is 218 g/mol. The van der Waals surface area contributed by atoms with Gasteiger partial charge in [-0.3, -0.25) is 4.79 Å². The molecule has 1 fully saturated rings. The van der Waals surface area contributed by atoms with Crippen molar-refractivity contribution in [2.75, 3.05) is 13.1 Å². The molecule has 0 spiro atoms. The van der Waals surface area contributed by atoms with E-state index >= 15 is 0 Å². The van der Waals surface area contributed by atoms with Crippen molar-refractivity contribution in [2.24, 2.45) is 0 Å². The van der Waals surface area contributed by atoms with Crippen molar-refractivity contribution in [1.29, 1.82) is 0 Å². The summed E-state index contributed by atoms with van der Waals surface area (Å²) in [6.45, 7) is 3.92. The average molecular weight is 235 g/mol. The molecule has 1 aliphatic heterocycles. The van der Waals surface area contributed by atoms with Crippen LogP contribution in [0.25, 0.3) is 6.08 Å². The molecule has 16 heavy (non-hydrogen) atoms. The highest BCUT2D eigenvalue weighted by molar-refractivity contribution is 7.11. The SMILES string of the molecule is Cc1ccsc1/C=C\C(=O)N1CCCCC1. The molecule has 0 unspecified atom stereocenters. The predicted molar refractivity (Wildman–Crippen MR) is 68.5 cm³/mol. The zero-order valence-electron chi connectivity index (χ0n) is 9.61. The van der Waals surface area contributed by atoms with Gasteiger partial charge in [0.1, 0.15) is 0 Å². The van der Waals surface area contributed by atoms with Crippen molar-refractivity contribution in [3.8, 4) is 0 Å². The Morgan fingerprint density at radius 2 is 2.12 bits per heavy atom. The summed E-state index contributed by atoms with van der Waals surface area (Å²) in [7, 11) is 0. The molecule has 1 amide bonds. The van der Waals surface area contributed by atoms with Gasteiger partial charge >= 0.3 is 0 Å². The molecule has 0 aliphatic carbocycles. The Kier molecular flexibility index (Phi) is 3.78. The number of likely N-dealkylation sites (tertiary alicyclic amines) is 1. The fourth-order valence-electron chi connectivity index (χ4n) is 1.92. The van der Waals surface area contributed by atoms with Crippen molar-refractivity contribution in [3.63, 3.8) is 0 Å². The molecule has 86 valence electrons. The first-order valence-corrected chi connectivity index (χ1v) is 6.66. The summed E-state index contributed by atoms with van der Waals surface area (Å²) < 4.78 is 0. The lowest BCUT2D eigenvalue weighted by atomic mass is 10.1. The smallest absolute Gasteiger partial charge is 0.246 e. The number of carbonyl (C=O) groups is 1. The third-order valence-corrected chi connectivity index (χ3v) is 3.93. The van der Waals surface area contributed by atoms with E-state index in [9.17, 15) is 4.79 Å². The summed E-state index contributed by atoms with van der Waals surface area (Å²) in [5.41, 5.74) is 1.24. The second-order valence-electron chi connectivity index (χ2n) is 4.19. The zero-order valence-corrected chi connectivity index (χ0v) is 10.4. The molecule has 0 atom stereocenters. The third kappa shape index (κ3) is 2.73. The van der Waals surface area contributed by atoms with E-state index in [1.807, 2.05) is 11.0 Å². The number of nitrogens with zero attached hydrogens (tertiary/aromatic N) is 1. The number of aryl methyl sites for hydroxylation is 1. The lowest BCUT2D eigenvalue weighted by molar-refractivity contribution is -0.126. The van der Waals surface area contributed by atoms with E-state index in [1.165, 1.54) is 16.9 Å². The van der Waals surface area contributed by atoms with Crippen molar-refractivity contribution < 1.29 is 4.79 Å². The number of thiophene rings is 1. The Bertz CT molecular complexity index is 388. The number of amides is 1. The Labute approximate surface area is 101 Å². The molecule has 0 saturated carbocycles. The van der Waals surface area contributed by atoms with Crippen molar-refractivity contribution in [1.82, 2.24) is 4.90 Å². The van der Waals surface area contributed by atoms with E-state index in [1.54, 1.807) is 17.4 Å². The highest BCUT2D eigenvalue weighted by Crippen LogP contribution is 2.17. The largest absolute Gasteiger partial charge is 0.339 e. The van der Waals surface area contributed by atoms with Gasteiger partial charge in [-0.2, -0.15) is 0 Å². The maximum Gasteiger partial charge on any atom is 0.246 e. The fraction of sp³-hybridized carbons (Fsp3) is 0.462. The Morgan fingerprint density at radius 3 is 2.75 bits per heavy atom. The maximum atomic E-state index is 11.8. The van der Waals surface area contributed by atoms with Crippen LogP contribution < -0.4 is 0 Å². The fourth-order valence-corrected chi connectivity index (χ4v) is 2.74. The van der Waals surface area contributed by atoms with Crippen LogP contribution in [-0.4, -0.2) is 23.9 Å². The third-order valence-electron chi connectivity index (χ3n) is 2.95. The quantitative estimate of drug-likeness (QED) is 0.721. The van der Waals surface area contributed by atoms with Crippen molar-refractivity contribution in [3.05, 3.63) is 28.0 Å². The van der Waals surface area contributed by atoms with Gasteiger partial charge in [0, 0.05) is 24.0 Å². The molecule has 1 aromatic heterocycles. The molecule has 0 aromatic carbocycles. The second-order valence-corrected chi connectivity index (χ2v) is 5.13. The van der Waals surface area contributed by atoms with Crippen LogP contribution in [0.1, 0.15) is 29.7 Å².